The summed E-state index contributed by atoms with van der Waals surface area (Å²) >= 11 is 0. The standard InChI is InChI=1S/HNO2.H2NO/c2-1-3;1-2/h(H,2,3);1H2/q;+1/p-1. The van der Waals surface area contributed by atoms with Crippen molar-refractivity contribution in [2.75, 3.05) is 0 Å². The van der Waals surface area contributed by atoms with Crippen LogP contribution in [0.3, 0.4) is 0 Å². The van der Waals surface area contributed by atoms with E-state index in [1.54, 1.807) is 0 Å². The van der Waals surface area contributed by atoms with Gasteiger partial charge in [0.25, 0.3) is 0 Å². The van der Waals surface area contributed by atoms with E-state index in [4.69, 9.17) is 15.0 Å². The molecule has 5 heavy (non-hydrogen) atoms. The van der Waals surface area contributed by atoms with Gasteiger partial charge in [-0.3, -0.25) is 0 Å². The summed E-state index contributed by atoms with van der Waals surface area (Å²) in [5, 5.41) is 9.00. The quantitative estimate of drug-likeness (QED) is 0.290. The number of nitrogens with zero attached hydrogens (tertiary/aromatic N) is 1. The van der Waals surface area contributed by atoms with Crippen LogP contribution in [-0.2, 0) is 0 Å². The van der Waals surface area contributed by atoms with Crippen molar-refractivity contribution in [3.63, 3.8) is 0 Å². The highest BCUT2D eigenvalue weighted by Crippen LogP contribution is 1.34. The van der Waals surface area contributed by atoms with Crippen LogP contribution in [-0.4, -0.2) is 0 Å². The van der Waals surface area contributed by atoms with E-state index in [1.165, 1.54) is 0 Å². The third-order valence-corrected chi connectivity index (χ3v) is 0. The molecule has 0 fully saturated rings. The average Bonchev–Trinajstić information content (AvgIpc) is 1.46. The van der Waals surface area contributed by atoms with Crippen LogP contribution >= 0.6 is 0 Å². The summed E-state index contributed by atoms with van der Waals surface area (Å²) in [5.41, 5.74) is 3.25. The molecule has 0 bridgehead atoms. The van der Waals surface area contributed by atoms with E-state index in [0.29, 0.717) is 0 Å². The zero-order valence-electron chi connectivity index (χ0n) is 2.25. The van der Waals surface area contributed by atoms with Crippen LogP contribution < -0.4 is 5.59 Å². The molecule has 30 valence electrons. The van der Waals surface area contributed by atoms with E-state index >= 15 is 0 Å². The lowest BCUT2D eigenvalue weighted by Gasteiger charge is -1.51. The lowest BCUT2D eigenvalue weighted by atomic mass is 13.4. The van der Waals surface area contributed by atoms with Crippen LogP contribution in [0.2, 0.25) is 0 Å². The zero-order chi connectivity index (χ0) is 4.71. The van der Waals surface area contributed by atoms with Crippen LogP contribution in [0, 0.1) is 15.0 Å². The molecular weight excluding hydrogens is 76.0 g/mol. The van der Waals surface area contributed by atoms with Crippen molar-refractivity contribution in [2.24, 2.45) is 5.34 Å². The van der Waals surface area contributed by atoms with Crippen molar-refractivity contribution < 1.29 is 5.59 Å². The second-order valence-corrected chi connectivity index (χ2v) is 0.0745. The Morgan fingerprint density at radius 3 is 1.60 bits per heavy atom. The van der Waals surface area contributed by atoms with Gasteiger partial charge in [-0.15, -0.1) is 5.34 Å². The molecule has 0 radical (unpaired) electrons. The van der Waals surface area contributed by atoms with Crippen molar-refractivity contribution in [3.8, 4) is 0 Å². The minimum Gasteiger partial charge on any atom is -0.444 e. The topological polar surface area (TPSA) is 95.2 Å². The second kappa shape index (κ2) is 0. The molecule has 0 spiro atoms. The lowest BCUT2D eigenvalue weighted by Crippen LogP contribution is -2.18. The molecule has 0 atom stereocenters. The van der Waals surface area contributed by atoms with Crippen molar-refractivity contribution in [3.05, 3.63) is 15.0 Å². The van der Waals surface area contributed by atoms with Crippen LogP contribution in [0.4, 0.5) is 0 Å². The molecule has 0 heterocycles. The van der Waals surface area contributed by atoms with Crippen LogP contribution in [0.1, 0.15) is 0 Å². The summed E-state index contributed by atoms with van der Waals surface area (Å²) < 4.78 is 0. The number of hydrogen-bond donors (Lipinski definition) is 1. The molecule has 0 unspecified atom stereocenters. The molecule has 0 aromatic carbocycles. The molecule has 0 aromatic rings. The normalized spacial score (nSPS) is 3.20. The van der Waals surface area contributed by atoms with Crippen LogP contribution in [0.5, 0.6) is 0 Å². The Morgan fingerprint density at radius 1 is 1.60 bits per heavy atom. The molecule has 5 heteroatoms. The molecule has 0 aromatic heterocycles. The molecule has 0 aliphatic heterocycles. The highest BCUT2D eigenvalue weighted by atomic mass is 16.6. The van der Waals surface area contributed by atoms with Crippen molar-refractivity contribution in [2.45, 2.75) is 0 Å². The van der Waals surface area contributed by atoms with Gasteiger partial charge in [0, 0.05) is 4.91 Å². The van der Waals surface area contributed by atoms with Gasteiger partial charge in [0.2, 0.25) is 0 Å². The first-order valence-corrected chi connectivity index (χ1v) is 0.601. The summed E-state index contributed by atoms with van der Waals surface area (Å²) in [4.78, 5) is 15.8. The minimum absolute atomic E-state index is 1.00. The Balaban J connectivity index is 0. The monoisotopic (exact) mass is 78.0 g/mol. The summed E-state index contributed by atoms with van der Waals surface area (Å²) in [6.45, 7) is 0. The fourth-order valence-corrected chi connectivity index (χ4v) is 0. The van der Waals surface area contributed by atoms with Gasteiger partial charge in [0.15, 0.2) is 0 Å². The fourth-order valence-electron chi connectivity index (χ4n) is 0. The smallest absolute Gasteiger partial charge is 0.0125 e. The SMILES string of the molecule is O=N[O-].[NH2+]=O. The Kier molecular flexibility index (Phi) is 0. The number of hydrogen-bond acceptors (Lipinski definition) is 4. The third-order valence-electron chi connectivity index (χ3n) is 0. The van der Waals surface area contributed by atoms with Gasteiger partial charge >= 0.3 is 0 Å². The van der Waals surface area contributed by atoms with E-state index in [-0.39, 0.29) is 0 Å². The van der Waals surface area contributed by atoms with Gasteiger partial charge in [-0.2, -0.15) is 0 Å². The zero-order valence-corrected chi connectivity index (χ0v) is 2.25. The fraction of sp³-hybridized carbons (Fsp3) is 0. The van der Waals surface area contributed by atoms with E-state index in [9.17, 15) is 0 Å². The lowest BCUT2D eigenvalue weighted by molar-refractivity contribution is -0.142. The van der Waals surface area contributed by atoms with Gasteiger partial charge in [-0.05, 0) is 5.59 Å². The van der Waals surface area contributed by atoms with Crippen LogP contribution in [0.15, 0.2) is 5.34 Å². The van der Waals surface area contributed by atoms with Crippen molar-refractivity contribution in [1.82, 2.24) is 0 Å². The number of rotatable bonds is 0. The predicted octanol–water partition coefficient (Wildman–Crippen LogP) is -1.24. The molecule has 0 aliphatic rings. The maximum Gasteiger partial charge on any atom is 0.0125 e. The van der Waals surface area contributed by atoms with Gasteiger partial charge in [-0.25, -0.2) is 0 Å². The van der Waals surface area contributed by atoms with Crippen molar-refractivity contribution >= 4 is 0 Å². The van der Waals surface area contributed by atoms with E-state index < -0.39 is 0 Å². The molecule has 0 saturated heterocycles. The Morgan fingerprint density at radius 2 is 1.60 bits per heavy atom. The Bertz CT molecular complexity index is 18.9. The summed E-state index contributed by atoms with van der Waals surface area (Å²) in [6, 6.07) is 0. The Hall–Kier alpha value is -1.00. The molecule has 0 aliphatic carbocycles. The third kappa shape index (κ3) is 3.00. The van der Waals surface area contributed by atoms with E-state index in [0.717, 1.165) is 5.34 Å². The summed E-state index contributed by atoms with van der Waals surface area (Å²) in [5.74, 6) is 0. The molecule has 5 nitrogen and oxygen atoms in total. The molecule has 0 saturated carbocycles. The maximum atomic E-state index is 8.00. The first-order valence-electron chi connectivity index (χ1n) is 0.601. The van der Waals surface area contributed by atoms with E-state index in [2.05, 4.69) is 5.59 Å². The highest BCUT2D eigenvalue weighted by molar-refractivity contribution is 4.21. The van der Waals surface area contributed by atoms with Gasteiger partial charge in [-0.1, -0.05) is 0 Å². The first-order chi connectivity index (χ1) is 2.41. The largest absolute Gasteiger partial charge is 0.444 e. The van der Waals surface area contributed by atoms with Gasteiger partial charge in [0.05, 0.1) is 0 Å². The minimum atomic E-state index is 1.00. The predicted molar refractivity (Wildman–Crippen MR) is 14.5 cm³/mol. The number of nitroso groups, excluding NO2 is 1. The molecule has 0 amide bonds. The van der Waals surface area contributed by atoms with E-state index in [1.807, 2.05) is 0 Å². The highest BCUT2D eigenvalue weighted by Gasteiger charge is 0.958. The van der Waals surface area contributed by atoms with Gasteiger partial charge < -0.3 is 10.1 Å². The average molecular weight is 78.0 g/mol. The summed E-state index contributed by atoms with van der Waals surface area (Å²) in [6.07, 6.45) is 0. The first kappa shape index (κ1) is 9.00. The second-order valence-electron chi connectivity index (χ2n) is 0.0745. The van der Waals surface area contributed by atoms with Gasteiger partial charge in [0.1, 0.15) is 0 Å². The molecular formula is H2N2O3. The summed E-state index contributed by atoms with van der Waals surface area (Å²) in [7, 11) is 0. The Labute approximate surface area is 27.3 Å². The maximum absolute atomic E-state index is 8.00. The molecule has 0 rings (SSSR count). The number of nitrogens with two attached hydrogens (primary N) is 1. The molecule has 2 N–H and O–H groups in total. The van der Waals surface area contributed by atoms with Crippen LogP contribution in [0.25, 0.3) is 0 Å². The van der Waals surface area contributed by atoms with Crippen molar-refractivity contribution in [1.29, 1.82) is 0 Å².